The van der Waals surface area contributed by atoms with Gasteiger partial charge in [0.25, 0.3) is 0 Å². The molecule has 24 heavy (non-hydrogen) atoms. The summed E-state index contributed by atoms with van der Waals surface area (Å²) in [5.74, 6) is -0.253. The molecule has 0 saturated carbocycles. The number of likely N-dealkylation sites (tertiary alicyclic amines) is 1. The first-order chi connectivity index (χ1) is 11.5. The van der Waals surface area contributed by atoms with Crippen molar-refractivity contribution in [2.24, 2.45) is 0 Å². The molecule has 0 radical (unpaired) electrons. The molecule has 1 heterocycles. The highest BCUT2D eigenvalue weighted by Gasteiger charge is 2.31. The molecule has 1 aliphatic rings. The minimum atomic E-state index is -0.253. The van der Waals surface area contributed by atoms with Crippen molar-refractivity contribution in [2.75, 3.05) is 33.2 Å². The van der Waals surface area contributed by atoms with E-state index in [1.165, 1.54) is 6.07 Å². The zero-order chi connectivity index (χ0) is 17.5. The second kappa shape index (κ2) is 8.99. The van der Waals surface area contributed by atoms with Crippen molar-refractivity contribution in [1.82, 2.24) is 15.1 Å². The van der Waals surface area contributed by atoms with E-state index in [0.717, 1.165) is 13.0 Å². The minimum Gasteiger partial charge on any atom is -0.370 e. The summed E-state index contributed by atoms with van der Waals surface area (Å²) >= 11 is 0. The maximum Gasteiger partial charge on any atom is 0.317 e. The Balaban J connectivity index is 1.66. The topological polar surface area (TPSA) is 44.8 Å². The molecule has 1 aromatic rings. The van der Waals surface area contributed by atoms with Crippen LogP contribution in [0.25, 0.3) is 0 Å². The fraction of sp³-hybridized carbons (Fsp3) is 0.611. The zero-order valence-electron chi connectivity index (χ0n) is 14.8. The third-order valence-electron chi connectivity index (χ3n) is 4.65. The van der Waals surface area contributed by atoms with Crippen molar-refractivity contribution >= 4 is 6.03 Å². The Labute approximate surface area is 143 Å². The Morgan fingerprint density at radius 2 is 2.12 bits per heavy atom. The third kappa shape index (κ3) is 4.92. The molecule has 5 nitrogen and oxygen atoms in total. The van der Waals surface area contributed by atoms with Crippen LogP contribution in [0.4, 0.5) is 9.18 Å². The summed E-state index contributed by atoms with van der Waals surface area (Å²) in [7, 11) is 2.07. The maximum atomic E-state index is 13.5. The number of halogens is 1. The van der Waals surface area contributed by atoms with Gasteiger partial charge in [-0.15, -0.1) is 0 Å². The lowest BCUT2D eigenvalue weighted by atomic mass is 10.1. The van der Waals surface area contributed by atoms with Crippen LogP contribution in [0.3, 0.4) is 0 Å². The Hall–Kier alpha value is -1.66. The number of urea groups is 1. The summed E-state index contributed by atoms with van der Waals surface area (Å²) in [6.45, 7) is 7.20. The molecule has 1 aromatic carbocycles. The Morgan fingerprint density at radius 1 is 1.42 bits per heavy atom. The van der Waals surface area contributed by atoms with E-state index in [0.29, 0.717) is 31.2 Å². The lowest BCUT2D eigenvalue weighted by Crippen LogP contribution is -2.58. The van der Waals surface area contributed by atoms with Crippen LogP contribution in [0, 0.1) is 5.82 Å². The van der Waals surface area contributed by atoms with Gasteiger partial charge in [0.15, 0.2) is 0 Å². The van der Waals surface area contributed by atoms with Crippen LogP contribution in [0.15, 0.2) is 24.3 Å². The first-order valence-corrected chi connectivity index (χ1v) is 8.63. The lowest BCUT2D eigenvalue weighted by molar-refractivity contribution is -0.0451. The molecular formula is C18H28FN3O2. The fourth-order valence-corrected chi connectivity index (χ4v) is 2.72. The van der Waals surface area contributed by atoms with E-state index in [-0.39, 0.29) is 24.6 Å². The first kappa shape index (κ1) is 18.7. The number of nitrogens with zero attached hydrogens (tertiary/aromatic N) is 2. The predicted molar refractivity (Wildman–Crippen MR) is 92.3 cm³/mol. The van der Waals surface area contributed by atoms with Crippen molar-refractivity contribution in [3.8, 4) is 0 Å². The number of carbonyl (C=O) groups is 1. The number of amides is 2. The van der Waals surface area contributed by atoms with Crippen LogP contribution in [-0.4, -0.2) is 61.2 Å². The highest BCUT2D eigenvalue weighted by atomic mass is 19.1. The van der Waals surface area contributed by atoms with Crippen LogP contribution in [0.5, 0.6) is 0 Å². The van der Waals surface area contributed by atoms with Gasteiger partial charge in [-0.05, 0) is 26.1 Å². The van der Waals surface area contributed by atoms with Crippen LogP contribution in [0.2, 0.25) is 0 Å². The Kier molecular flexibility index (Phi) is 6.99. The van der Waals surface area contributed by atoms with Gasteiger partial charge in [0.2, 0.25) is 0 Å². The van der Waals surface area contributed by atoms with Crippen LogP contribution in [-0.2, 0) is 11.3 Å². The molecule has 2 amide bonds. The summed E-state index contributed by atoms with van der Waals surface area (Å²) in [4.78, 5) is 16.1. The first-order valence-electron chi connectivity index (χ1n) is 8.63. The van der Waals surface area contributed by atoms with Gasteiger partial charge in [0, 0.05) is 18.2 Å². The summed E-state index contributed by atoms with van der Waals surface area (Å²) < 4.78 is 19.2. The van der Waals surface area contributed by atoms with E-state index in [4.69, 9.17) is 4.74 Å². The molecule has 6 heteroatoms. The number of carbonyl (C=O) groups excluding carboxylic acids is 1. The molecule has 2 rings (SSSR count). The van der Waals surface area contributed by atoms with E-state index < -0.39 is 0 Å². The van der Waals surface area contributed by atoms with Gasteiger partial charge in [0.05, 0.1) is 25.8 Å². The van der Waals surface area contributed by atoms with E-state index >= 15 is 0 Å². The van der Waals surface area contributed by atoms with E-state index in [1.807, 2.05) is 0 Å². The standard InChI is InChI=1S/C18H28FN3O2/c1-4-15(21(3)5-2)10-20-18(23)22-11-16(12-22)24-13-14-8-6-7-9-17(14)19/h6-9,15-16H,4-5,10-13H2,1-3H3,(H,20,23). The van der Waals surface area contributed by atoms with E-state index in [9.17, 15) is 9.18 Å². The van der Waals surface area contributed by atoms with Crippen LogP contribution >= 0.6 is 0 Å². The summed E-state index contributed by atoms with van der Waals surface area (Å²) in [6, 6.07) is 6.90. The Morgan fingerprint density at radius 3 is 2.75 bits per heavy atom. The largest absolute Gasteiger partial charge is 0.370 e. The van der Waals surface area contributed by atoms with Gasteiger partial charge in [-0.3, -0.25) is 0 Å². The van der Waals surface area contributed by atoms with Crippen LogP contribution in [0.1, 0.15) is 25.8 Å². The molecule has 0 aromatic heterocycles. The predicted octanol–water partition coefficient (Wildman–Crippen LogP) is 2.47. The van der Waals surface area contributed by atoms with Gasteiger partial charge in [-0.2, -0.15) is 0 Å². The molecular weight excluding hydrogens is 309 g/mol. The highest BCUT2D eigenvalue weighted by Crippen LogP contribution is 2.15. The van der Waals surface area contributed by atoms with Gasteiger partial charge in [-0.25, -0.2) is 9.18 Å². The molecule has 1 fully saturated rings. The summed E-state index contributed by atoms with van der Waals surface area (Å²) in [6.07, 6.45) is 0.981. The molecule has 1 atom stereocenters. The molecule has 0 spiro atoms. The highest BCUT2D eigenvalue weighted by molar-refractivity contribution is 5.75. The average Bonchev–Trinajstić information content (AvgIpc) is 2.55. The number of hydrogen-bond acceptors (Lipinski definition) is 3. The van der Waals surface area contributed by atoms with Crippen molar-refractivity contribution in [3.63, 3.8) is 0 Å². The van der Waals surface area contributed by atoms with Gasteiger partial charge in [0.1, 0.15) is 5.82 Å². The SMILES string of the molecule is CCC(CNC(=O)N1CC(OCc2ccccc2F)C1)N(C)CC. The molecule has 1 aliphatic heterocycles. The zero-order valence-corrected chi connectivity index (χ0v) is 14.8. The second-order valence-electron chi connectivity index (χ2n) is 6.25. The normalized spacial score (nSPS) is 16.1. The minimum absolute atomic E-state index is 0.0179. The molecule has 0 aliphatic carbocycles. The van der Waals surface area contributed by atoms with Gasteiger partial charge < -0.3 is 19.9 Å². The van der Waals surface area contributed by atoms with Gasteiger partial charge in [-0.1, -0.05) is 32.0 Å². The molecule has 1 saturated heterocycles. The van der Waals surface area contributed by atoms with Crippen LogP contribution < -0.4 is 5.32 Å². The summed E-state index contributed by atoms with van der Waals surface area (Å²) in [5.41, 5.74) is 0.550. The average molecular weight is 337 g/mol. The van der Waals surface area contributed by atoms with Crippen molar-refractivity contribution in [3.05, 3.63) is 35.6 Å². The Bertz CT molecular complexity index is 535. The molecule has 1 N–H and O–H groups in total. The number of likely N-dealkylation sites (N-methyl/N-ethyl adjacent to an activating group) is 1. The lowest BCUT2D eigenvalue weighted by Gasteiger charge is -2.39. The number of benzene rings is 1. The number of hydrogen-bond donors (Lipinski definition) is 1. The number of ether oxygens (including phenoxy) is 1. The van der Waals surface area contributed by atoms with Crippen molar-refractivity contribution in [1.29, 1.82) is 0 Å². The maximum absolute atomic E-state index is 13.5. The molecule has 1 unspecified atom stereocenters. The second-order valence-corrected chi connectivity index (χ2v) is 6.25. The third-order valence-corrected chi connectivity index (χ3v) is 4.65. The molecule has 0 bridgehead atoms. The fourth-order valence-electron chi connectivity index (χ4n) is 2.72. The van der Waals surface area contributed by atoms with Crippen molar-refractivity contribution in [2.45, 2.75) is 39.0 Å². The molecule has 134 valence electrons. The van der Waals surface area contributed by atoms with E-state index in [2.05, 4.69) is 31.1 Å². The number of rotatable bonds is 8. The summed E-state index contributed by atoms with van der Waals surface area (Å²) in [5, 5.41) is 2.98. The van der Waals surface area contributed by atoms with E-state index in [1.54, 1.807) is 23.1 Å². The smallest absolute Gasteiger partial charge is 0.317 e. The van der Waals surface area contributed by atoms with Crippen molar-refractivity contribution < 1.29 is 13.9 Å². The van der Waals surface area contributed by atoms with Gasteiger partial charge >= 0.3 is 6.03 Å². The monoisotopic (exact) mass is 337 g/mol. The quantitative estimate of drug-likeness (QED) is 0.793. The number of nitrogens with one attached hydrogen (secondary N) is 1.